The number of hydrogen-bond acceptors (Lipinski definition) is 2. The highest BCUT2D eigenvalue weighted by molar-refractivity contribution is 6.24. The summed E-state index contributed by atoms with van der Waals surface area (Å²) in [6.45, 7) is 3.18. The zero-order chi connectivity index (χ0) is 11.5. The zero-order valence-electron chi connectivity index (χ0n) is 9.15. The molecular weight excluding hydrogens is 226 g/mol. The van der Waals surface area contributed by atoms with Crippen molar-refractivity contribution in [2.75, 3.05) is 18.1 Å². The lowest BCUT2D eigenvalue weighted by Gasteiger charge is -2.16. The van der Waals surface area contributed by atoms with E-state index in [1.807, 2.05) is 31.2 Å². The summed E-state index contributed by atoms with van der Waals surface area (Å²) in [6, 6.07) is 7.51. The van der Waals surface area contributed by atoms with Gasteiger partial charge in [-0.2, -0.15) is 0 Å². The Morgan fingerprint density at radius 2 is 2.12 bits per heavy atom. The van der Waals surface area contributed by atoms with E-state index < -0.39 is 0 Å². The van der Waals surface area contributed by atoms with Crippen molar-refractivity contribution in [3.63, 3.8) is 0 Å². The molecule has 0 N–H and O–H groups in total. The fourth-order valence-electron chi connectivity index (χ4n) is 1.80. The van der Waals surface area contributed by atoms with E-state index in [9.17, 15) is 4.79 Å². The monoisotopic (exact) mass is 239 g/mol. The molecule has 1 fully saturated rings. The number of nitrogens with zero attached hydrogens (tertiary/aromatic N) is 1. The fraction of sp³-hybridized carbons (Fsp3) is 0.417. The second kappa shape index (κ2) is 4.74. The molecule has 0 aliphatic carbocycles. The molecule has 3 nitrogen and oxygen atoms in total. The maximum absolute atomic E-state index is 11.6. The van der Waals surface area contributed by atoms with Crippen molar-refractivity contribution in [2.24, 2.45) is 0 Å². The predicted molar refractivity (Wildman–Crippen MR) is 64.2 cm³/mol. The largest absolute Gasteiger partial charge is 0.494 e. The third-order valence-electron chi connectivity index (χ3n) is 2.54. The highest BCUT2D eigenvalue weighted by Crippen LogP contribution is 2.25. The molecule has 1 aromatic carbocycles. The van der Waals surface area contributed by atoms with Crippen LogP contribution in [-0.4, -0.2) is 24.4 Å². The first-order valence-electron chi connectivity index (χ1n) is 5.38. The summed E-state index contributed by atoms with van der Waals surface area (Å²) in [7, 11) is 0. The molecular formula is C12H14ClNO2. The highest BCUT2D eigenvalue weighted by atomic mass is 35.5. The Hall–Kier alpha value is -1.22. The number of alkyl halides is 1. The van der Waals surface area contributed by atoms with Gasteiger partial charge in [-0.15, -0.1) is 11.6 Å². The molecule has 1 aromatic rings. The molecule has 86 valence electrons. The zero-order valence-corrected chi connectivity index (χ0v) is 9.91. The number of carbonyl (C=O) groups excluding carboxylic acids is 1. The Balaban J connectivity index is 2.12. The molecule has 0 radical (unpaired) electrons. The number of ether oxygens (including phenoxy) is 1. The van der Waals surface area contributed by atoms with E-state index in [4.69, 9.17) is 16.3 Å². The molecule has 1 aliphatic rings. The van der Waals surface area contributed by atoms with Gasteiger partial charge in [-0.1, -0.05) is 0 Å². The molecule has 1 aliphatic heterocycles. The molecule has 0 aromatic heterocycles. The van der Waals surface area contributed by atoms with Crippen LogP contribution >= 0.6 is 11.6 Å². The standard InChI is InChI=1S/C12H14ClNO2/c1-2-16-11-5-3-10(4-6-11)14-8-9(13)7-12(14)15/h3-6,9H,2,7-8H2,1H3. The first-order chi connectivity index (χ1) is 7.70. The summed E-state index contributed by atoms with van der Waals surface area (Å²) in [4.78, 5) is 13.3. The summed E-state index contributed by atoms with van der Waals surface area (Å²) >= 11 is 5.95. The van der Waals surface area contributed by atoms with Gasteiger partial charge in [-0.25, -0.2) is 0 Å². The smallest absolute Gasteiger partial charge is 0.228 e. The van der Waals surface area contributed by atoms with Crippen LogP contribution in [0.5, 0.6) is 5.75 Å². The highest BCUT2D eigenvalue weighted by Gasteiger charge is 2.28. The van der Waals surface area contributed by atoms with Gasteiger partial charge in [-0.3, -0.25) is 4.79 Å². The average Bonchev–Trinajstić information content (AvgIpc) is 2.59. The quantitative estimate of drug-likeness (QED) is 0.759. The summed E-state index contributed by atoms with van der Waals surface area (Å²) < 4.78 is 5.34. The third kappa shape index (κ3) is 2.30. The molecule has 1 heterocycles. The Bertz CT molecular complexity index is 377. The van der Waals surface area contributed by atoms with Crippen molar-refractivity contribution >= 4 is 23.2 Å². The minimum absolute atomic E-state index is 0.0703. The SMILES string of the molecule is CCOc1ccc(N2CC(Cl)CC2=O)cc1. The molecule has 1 saturated heterocycles. The van der Waals surface area contributed by atoms with Crippen molar-refractivity contribution in [2.45, 2.75) is 18.7 Å². The van der Waals surface area contributed by atoms with Crippen LogP contribution in [0.1, 0.15) is 13.3 Å². The van der Waals surface area contributed by atoms with Gasteiger partial charge in [0, 0.05) is 18.7 Å². The average molecular weight is 240 g/mol. The molecule has 2 rings (SSSR count). The summed E-state index contributed by atoms with van der Waals surface area (Å²) in [5.41, 5.74) is 0.886. The second-order valence-corrected chi connectivity index (χ2v) is 4.35. The molecule has 0 bridgehead atoms. The lowest BCUT2D eigenvalue weighted by atomic mass is 10.3. The molecule has 16 heavy (non-hydrogen) atoms. The Morgan fingerprint density at radius 3 is 2.62 bits per heavy atom. The van der Waals surface area contributed by atoms with E-state index in [1.54, 1.807) is 4.90 Å². The lowest BCUT2D eigenvalue weighted by Crippen LogP contribution is -2.24. The molecule has 0 saturated carbocycles. The fourth-order valence-corrected chi connectivity index (χ4v) is 2.07. The minimum Gasteiger partial charge on any atom is -0.494 e. The topological polar surface area (TPSA) is 29.5 Å². The minimum atomic E-state index is -0.0703. The number of amides is 1. The first kappa shape index (κ1) is 11.3. The van der Waals surface area contributed by atoms with Crippen LogP contribution in [0, 0.1) is 0 Å². The van der Waals surface area contributed by atoms with Crippen LogP contribution in [0.2, 0.25) is 0 Å². The van der Waals surface area contributed by atoms with Crippen LogP contribution in [0.4, 0.5) is 5.69 Å². The summed E-state index contributed by atoms with van der Waals surface area (Å²) in [5.74, 6) is 0.907. The second-order valence-electron chi connectivity index (χ2n) is 3.73. The number of carbonyl (C=O) groups is 1. The molecule has 1 amide bonds. The van der Waals surface area contributed by atoms with Crippen molar-refractivity contribution in [1.82, 2.24) is 0 Å². The van der Waals surface area contributed by atoms with E-state index in [-0.39, 0.29) is 11.3 Å². The Kier molecular flexibility index (Phi) is 3.34. The van der Waals surface area contributed by atoms with Crippen molar-refractivity contribution in [3.8, 4) is 5.75 Å². The maximum Gasteiger partial charge on any atom is 0.228 e. The van der Waals surface area contributed by atoms with Gasteiger partial charge in [0.15, 0.2) is 0 Å². The van der Waals surface area contributed by atoms with E-state index in [2.05, 4.69) is 0 Å². The Morgan fingerprint density at radius 1 is 1.44 bits per heavy atom. The number of hydrogen-bond donors (Lipinski definition) is 0. The van der Waals surface area contributed by atoms with Gasteiger partial charge >= 0.3 is 0 Å². The normalized spacial score (nSPS) is 20.2. The van der Waals surface area contributed by atoms with Gasteiger partial charge in [0.25, 0.3) is 0 Å². The van der Waals surface area contributed by atoms with Gasteiger partial charge in [0.2, 0.25) is 5.91 Å². The van der Waals surface area contributed by atoms with Crippen LogP contribution < -0.4 is 9.64 Å². The van der Waals surface area contributed by atoms with Crippen molar-refractivity contribution in [3.05, 3.63) is 24.3 Å². The Labute approximate surface area is 100.0 Å². The van der Waals surface area contributed by atoms with Gasteiger partial charge in [-0.05, 0) is 31.2 Å². The van der Waals surface area contributed by atoms with Crippen LogP contribution in [0.25, 0.3) is 0 Å². The van der Waals surface area contributed by atoms with Crippen molar-refractivity contribution < 1.29 is 9.53 Å². The van der Waals surface area contributed by atoms with E-state index in [0.717, 1.165) is 11.4 Å². The molecule has 4 heteroatoms. The molecule has 1 atom stereocenters. The first-order valence-corrected chi connectivity index (χ1v) is 5.81. The van der Waals surface area contributed by atoms with Crippen LogP contribution in [0.15, 0.2) is 24.3 Å². The van der Waals surface area contributed by atoms with Crippen LogP contribution in [0.3, 0.4) is 0 Å². The predicted octanol–water partition coefficient (Wildman–Crippen LogP) is 2.43. The lowest BCUT2D eigenvalue weighted by molar-refractivity contribution is -0.117. The third-order valence-corrected chi connectivity index (χ3v) is 2.83. The van der Waals surface area contributed by atoms with E-state index in [0.29, 0.717) is 19.6 Å². The maximum atomic E-state index is 11.6. The molecule has 0 spiro atoms. The number of halogens is 1. The van der Waals surface area contributed by atoms with Gasteiger partial charge < -0.3 is 9.64 Å². The number of anilines is 1. The van der Waals surface area contributed by atoms with E-state index >= 15 is 0 Å². The van der Waals surface area contributed by atoms with E-state index in [1.165, 1.54) is 0 Å². The van der Waals surface area contributed by atoms with Crippen molar-refractivity contribution in [1.29, 1.82) is 0 Å². The van der Waals surface area contributed by atoms with Crippen LogP contribution in [-0.2, 0) is 4.79 Å². The summed E-state index contributed by atoms with van der Waals surface area (Å²) in [5, 5.41) is -0.0703. The number of rotatable bonds is 3. The van der Waals surface area contributed by atoms with Gasteiger partial charge in [0.05, 0.1) is 12.0 Å². The van der Waals surface area contributed by atoms with Gasteiger partial charge in [0.1, 0.15) is 5.75 Å². The summed E-state index contributed by atoms with van der Waals surface area (Å²) in [6.07, 6.45) is 0.425. The molecule has 1 unspecified atom stereocenters. The number of benzene rings is 1.